The van der Waals surface area contributed by atoms with Crippen molar-refractivity contribution in [2.24, 2.45) is 0 Å². The summed E-state index contributed by atoms with van der Waals surface area (Å²) in [7, 11) is 0. The Hall–Kier alpha value is -1.64. The van der Waals surface area contributed by atoms with Gasteiger partial charge in [-0.15, -0.1) is 0 Å². The first-order valence-corrected chi connectivity index (χ1v) is 7.31. The summed E-state index contributed by atoms with van der Waals surface area (Å²) in [6.45, 7) is 3.46. The molecule has 7 nitrogen and oxygen atoms in total. The number of hydrogen-bond donors (Lipinski definition) is 4. The van der Waals surface area contributed by atoms with E-state index in [1.54, 1.807) is 12.1 Å². The molecule has 0 atom stereocenters. The minimum atomic E-state index is -0.283. The smallest absolute Gasteiger partial charge is 0.323 e. The fourth-order valence-electron chi connectivity index (χ4n) is 2.16. The zero-order chi connectivity index (χ0) is 15.0. The van der Waals surface area contributed by atoms with Crippen LogP contribution in [0.1, 0.15) is 6.92 Å². The molecular weight excluding hydrogens is 340 g/mol. The quantitative estimate of drug-likeness (QED) is 0.656. The molecule has 1 fully saturated rings. The number of benzene rings is 1. The molecule has 1 amide bonds. The minimum absolute atomic E-state index is 0.00763. The van der Waals surface area contributed by atoms with Crippen LogP contribution in [0, 0.1) is 0 Å². The number of H-pyrrole nitrogens is 2. The topological polar surface area (TPSA) is 99.0 Å². The van der Waals surface area contributed by atoms with Gasteiger partial charge in [0.15, 0.2) is 0 Å². The Morgan fingerprint density at radius 2 is 2.05 bits per heavy atom. The van der Waals surface area contributed by atoms with Crippen LogP contribution in [-0.4, -0.2) is 41.2 Å². The van der Waals surface area contributed by atoms with E-state index < -0.39 is 0 Å². The Bertz CT molecular complexity index is 747. The Morgan fingerprint density at radius 3 is 2.67 bits per heavy atom. The van der Waals surface area contributed by atoms with Crippen LogP contribution < -0.4 is 16.3 Å². The van der Waals surface area contributed by atoms with E-state index in [9.17, 15) is 9.59 Å². The summed E-state index contributed by atoms with van der Waals surface area (Å²) in [5.74, 6) is -0.235. The molecule has 0 aliphatic carbocycles. The number of ether oxygens (including phenoxy) is 1. The number of rotatable bonds is 4. The second kappa shape index (κ2) is 5.28. The normalized spacial score (nSPS) is 16.7. The van der Waals surface area contributed by atoms with Crippen LogP contribution >= 0.6 is 15.9 Å². The van der Waals surface area contributed by atoms with E-state index in [4.69, 9.17) is 4.74 Å². The molecule has 0 spiro atoms. The lowest BCUT2D eigenvalue weighted by Gasteiger charge is -2.38. The molecule has 2 heterocycles. The molecule has 3 rings (SSSR count). The average molecular weight is 355 g/mol. The maximum atomic E-state index is 11.9. The minimum Gasteiger partial charge on any atom is -0.363 e. The van der Waals surface area contributed by atoms with Crippen molar-refractivity contribution in [3.05, 3.63) is 27.1 Å². The molecule has 0 radical (unpaired) electrons. The molecule has 1 saturated heterocycles. The molecule has 21 heavy (non-hydrogen) atoms. The van der Waals surface area contributed by atoms with E-state index in [2.05, 4.69) is 36.5 Å². The van der Waals surface area contributed by atoms with Gasteiger partial charge in [-0.2, -0.15) is 0 Å². The Balaban J connectivity index is 1.70. The number of carbonyl (C=O) groups excluding carboxylic acids is 1. The van der Waals surface area contributed by atoms with Gasteiger partial charge in [-0.1, -0.05) is 0 Å². The lowest BCUT2D eigenvalue weighted by Crippen LogP contribution is -2.59. The molecule has 0 unspecified atom stereocenters. The van der Waals surface area contributed by atoms with Gasteiger partial charge in [-0.05, 0) is 35.0 Å². The van der Waals surface area contributed by atoms with Gasteiger partial charge >= 0.3 is 5.69 Å². The van der Waals surface area contributed by atoms with Crippen LogP contribution in [0.15, 0.2) is 21.4 Å². The van der Waals surface area contributed by atoms with E-state index in [1.807, 2.05) is 6.92 Å². The van der Waals surface area contributed by atoms with Crippen LogP contribution in [0.5, 0.6) is 0 Å². The van der Waals surface area contributed by atoms with Crippen molar-refractivity contribution in [2.45, 2.75) is 12.5 Å². The molecular formula is C13H15BrN4O3. The molecule has 1 aromatic heterocycles. The molecule has 1 aromatic carbocycles. The lowest BCUT2D eigenvalue weighted by molar-refractivity contribution is -0.130. The predicted octanol–water partition coefficient (Wildman–Crippen LogP) is 0.936. The number of halogens is 1. The number of hydrogen-bond acceptors (Lipinski definition) is 4. The van der Waals surface area contributed by atoms with Crippen molar-refractivity contribution in [3.63, 3.8) is 0 Å². The predicted molar refractivity (Wildman–Crippen MR) is 82.5 cm³/mol. The highest BCUT2D eigenvalue weighted by molar-refractivity contribution is 9.10. The van der Waals surface area contributed by atoms with Gasteiger partial charge in [-0.3, -0.25) is 4.79 Å². The summed E-state index contributed by atoms with van der Waals surface area (Å²) in [6, 6.07) is 3.43. The standard InChI is InChI=1S/C13H15BrN4O3/c1-13(5-15-6-13)21-4-11(19)16-8-3-10-9(2-7(8)14)17-12(20)18-10/h2-3,15H,4-6H2,1H3,(H,16,19)(H2,17,18,20). The molecule has 0 saturated carbocycles. The fraction of sp³-hybridized carbons (Fsp3) is 0.385. The number of amides is 1. The van der Waals surface area contributed by atoms with Gasteiger partial charge in [0.2, 0.25) is 5.91 Å². The van der Waals surface area contributed by atoms with Gasteiger partial charge in [0.1, 0.15) is 6.61 Å². The summed E-state index contributed by atoms with van der Waals surface area (Å²) in [5.41, 5.74) is 1.35. The second-order valence-corrected chi connectivity index (χ2v) is 6.20. The summed E-state index contributed by atoms with van der Waals surface area (Å²) in [5, 5.41) is 5.87. The van der Waals surface area contributed by atoms with Crippen LogP contribution in [0.3, 0.4) is 0 Å². The molecule has 1 aliphatic heterocycles. The van der Waals surface area contributed by atoms with Crippen molar-refractivity contribution in [3.8, 4) is 0 Å². The van der Waals surface area contributed by atoms with Gasteiger partial charge in [0.05, 0.1) is 22.3 Å². The van der Waals surface area contributed by atoms with E-state index >= 15 is 0 Å². The van der Waals surface area contributed by atoms with Crippen LogP contribution in [0.25, 0.3) is 11.0 Å². The number of nitrogens with one attached hydrogen (secondary N) is 4. The number of anilines is 1. The lowest BCUT2D eigenvalue weighted by atomic mass is 10.0. The maximum Gasteiger partial charge on any atom is 0.323 e. The highest BCUT2D eigenvalue weighted by Crippen LogP contribution is 2.26. The van der Waals surface area contributed by atoms with Crippen molar-refractivity contribution in [2.75, 3.05) is 25.0 Å². The van der Waals surface area contributed by atoms with Gasteiger partial charge in [0, 0.05) is 17.6 Å². The molecule has 2 aromatic rings. The average Bonchev–Trinajstić information content (AvgIpc) is 2.74. The number of imidazole rings is 1. The van der Waals surface area contributed by atoms with Gasteiger partial charge < -0.3 is 25.3 Å². The number of aromatic nitrogens is 2. The van der Waals surface area contributed by atoms with Crippen molar-refractivity contribution >= 4 is 38.6 Å². The zero-order valence-electron chi connectivity index (χ0n) is 11.4. The first-order valence-electron chi connectivity index (χ1n) is 6.51. The Kier molecular flexibility index (Phi) is 3.60. The largest absolute Gasteiger partial charge is 0.363 e. The summed E-state index contributed by atoms with van der Waals surface area (Å²) < 4.78 is 6.27. The van der Waals surface area contributed by atoms with Gasteiger partial charge in [0.25, 0.3) is 0 Å². The highest BCUT2D eigenvalue weighted by Gasteiger charge is 2.33. The van der Waals surface area contributed by atoms with Crippen molar-refractivity contribution < 1.29 is 9.53 Å². The number of fused-ring (bicyclic) bond motifs is 1. The van der Waals surface area contributed by atoms with Crippen molar-refractivity contribution in [1.82, 2.24) is 15.3 Å². The second-order valence-electron chi connectivity index (χ2n) is 5.35. The summed E-state index contributed by atoms with van der Waals surface area (Å²) >= 11 is 3.37. The third-order valence-electron chi connectivity index (χ3n) is 3.43. The molecule has 112 valence electrons. The molecule has 8 heteroatoms. The monoisotopic (exact) mass is 354 g/mol. The molecule has 4 N–H and O–H groups in total. The fourth-order valence-corrected chi connectivity index (χ4v) is 2.60. The Morgan fingerprint density at radius 1 is 1.38 bits per heavy atom. The van der Waals surface area contributed by atoms with Crippen LogP contribution in [0.2, 0.25) is 0 Å². The van der Waals surface area contributed by atoms with Crippen LogP contribution in [-0.2, 0) is 9.53 Å². The maximum absolute atomic E-state index is 11.9. The SMILES string of the molecule is CC1(OCC(=O)Nc2cc3[nH]c(=O)[nH]c3cc2Br)CNC1. The number of aromatic amines is 2. The van der Waals surface area contributed by atoms with Crippen LogP contribution in [0.4, 0.5) is 5.69 Å². The van der Waals surface area contributed by atoms with Crippen molar-refractivity contribution in [1.29, 1.82) is 0 Å². The summed E-state index contributed by atoms with van der Waals surface area (Å²) in [6.07, 6.45) is 0. The van der Waals surface area contributed by atoms with E-state index in [0.29, 0.717) is 21.2 Å². The first-order chi connectivity index (χ1) is 9.95. The number of carbonyl (C=O) groups is 1. The van der Waals surface area contributed by atoms with Gasteiger partial charge in [-0.25, -0.2) is 4.79 Å². The first kappa shape index (κ1) is 14.3. The molecule has 1 aliphatic rings. The highest BCUT2D eigenvalue weighted by atomic mass is 79.9. The zero-order valence-corrected chi connectivity index (χ0v) is 13.0. The van der Waals surface area contributed by atoms with E-state index in [1.165, 1.54) is 0 Å². The Labute approximate surface area is 128 Å². The van der Waals surface area contributed by atoms with E-state index in [-0.39, 0.29) is 23.8 Å². The third-order valence-corrected chi connectivity index (χ3v) is 4.08. The third kappa shape index (κ3) is 3.02. The summed E-state index contributed by atoms with van der Waals surface area (Å²) in [4.78, 5) is 28.5. The molecule has 0 bridgehead atoms. The van der Waals surface area contributed by atoms with E-state index in [0.717, 1.165) is 13.1 Å².